The third-order valence-electron chi connectivity index (χ3n) is 2.60. The average Bonchev–Trinajstić information content (AvgIpc) is 2.04. The quantitative estimate of drug-likeness (QED) is 0.406. The molecular formula is C11H23Cl. The fourth-order valence-corrected chi connectivity index (χ4v) is 1.90. The van der Waals surface area contributed by atoms with Crippen molar-refractivity contribution in [3.8, 4) is 0 Å². The van der Waals surface area contributed by atoms with Crippen LogP contribution < -0.4 is 0 Å². The zero-order chi connectivity index (χ0) is 9.40. The minimum absolute atomic E-state index is 0.358. The number of hydrogen-bond acceptors (Lipinski definition) is 0. The first-order valence-electron chi connectivity index (χ1n) is 5.36. The Morgan fingerprint density at radius 3 is 2.17 bits per heavy atom. The van der Waals surface area contributed by atoms with Gasteiger partial charge in [0.15, 0.2) is 0 Å². The third-order valence-corrected chi connectivity index (χ3v) is 2.96. The second kappa shape index (κ2) is 7.91. The van der Waals surface area contributed by atoms with Crippen LogP contribution in [-0.4, -0.2) is 5.38 Å². The lowest BCUT2D eigenvalue weighted by Gasteiger charge is -2.16. The van der Waals surface area contributed by atoms with Crippen LogP contribution in [0.1, 0.15) is 59.3 Å². The van der Waals surface area contributed by atoms with Crippen molar-refractivity contribution in [3.05, 3.63) is 0 Å². The van der Waals surface area contributed by atoms with E-state index in [1.807, 2.05) is 0 Å². The summed E-state index contributed by atoms with van der Waals surface area (Å²) in [6, 6.07) is 0. The molecule has 0 spiro atoms. The fraction of sp³-hybridized carbons (Fsp3) is 1.00. The predicted molar refractivity (Wildman–Crippen MR) is 57.9 cm³/mol. The van der Waals surface area contributed by atoms with Crippen LogP contribution in [0, 0.1) is 5.92 Å². The van der Waals surface area contributed by atoms with Gasteiger partial charge in [-0.05, 0) is 19.3 Å². The predicted octanol–water partition coefficient (Wildman–Crippen LogP) is 4.61. The van der Waals surface area contributed by atoms with E-state index in [1.54, 1.807) is 0 Å². The van der Waals surface area contributed by atoms with Gasteiger partial charge in [-0.25, -0.2) is 0 Å². The molecule has 0 radical (unpaired) electrons. The van der Waals surface area contributed by atoms with Crippen LogP contribution in [0.25, 0.3) is 0 Å². The fourth-order valence-electron chi connectivity index (χ4n) is 1.59. The Morgan fingerprint density at radius 1 is 1.08 bits per heavy atom. The summed E-state index contributed by atoms with van der Waals surface area (Å²) in [7, 11) is 0. The van der Waals surface area contributed by atoms with Crippen molar-refractivity contribution < 1.29 is 0 Å². The number of alkyl halides is 1. The van der Waals surface area contributed by atoms with Crippen molar-refractivity contribution in [1.82, 2.24) is 0 Å². The molecule has 0 nitrogen and oxygen atoms in total. The van der Waals surface area contributed by atoms with Gasteiger partial charge in [0.2, 0.25) is 0 Å². The van der Waals surface area contributed by atoms with Gasteiger partial charge in [0, 0.05) is 5.38 Å². The van der Waals surface area contributed by atoms with E-state index >= 15 is 0 Å². The molecule has 0 amide bonds. The Labute approximate surface area is 82.7 Å². The molecule has 0 fully saturated rings. The molecular weight excluding hydrogens is 168 g/mol. The second-order valence-electron chi connectivity index (χ2n) is 3.70. The lowest BCUT2D eigenvalue weighted by Crippen LogP contribution is -2.09. The number of rotatable bonds is 7. The van der Waals surface area contributed by atoms with Gasteiger partial charge in [0.05, 0.1) is 0 Å². The highest BCUT2D eigenvalue weighted by molar-refractivity contribution is 6.20. The van der Waals surface area contributed by atoms with Crippen molar-refractivity contribution in [2.45, 2.75) is 64.7 Å². The van der Waals surface area contributed by atoms with Crippen LogP contribution in [0.3, 0.4) is 0 Å². The maximum absolute atomic E-state index is 6.06. The van der Waals surface area contributed by atoms with Gasteiger partial charge in [0.25, 0.3) is 0 Å². The molecule has 12 heavy (non-hydrogen) atoms. The summed E-state index contributed by atoms with van der Waals surface area (Å²) in [5.41, 5.74) is 0. The normalized spacial score (nSPS) is 16.0. The van der Waals surface area contributed by atoms with Crippen molar-refractivity contribution in [1.29, 1.82) is 0 Å². The molecule has 1 heteroatoms. The first-order valence-corrected chi connectivity index (χ1v) is 5.80. The molecule has 0 saturated carbocycles. The van der Waals surface area contributed by atoms with E-state index in [4.69, 9.17) is 11.6 Å². The van der Waals surface area contributed by atoms with Crippen LogP contribution in [-0.2, 0) is 0 Å². The second-order valence-corrected chi connectivity index (χ2v) is 4.38. The molecule has 2 unspecified atom stereocenters. The highest BCUT2D eigenvalue weighted by Gasteiger charge is 2.11. The molecule has 0 aliphatic carbocycles. The summed E-state index contributed by atoms with van der Waals surface area (Å²) in [6.07, 6.45) is 8.01. The summed E-state index contributed by atoms with van der Waals surface area (Å²) in [6.45, 7) is 6.61. The van der Waals surface area contributed by atoms with E-state index in [-0.39, 0.29) is 0 Å². The molecule has 74 valence electrons. The molecule has 0 aromatic heterocycles. The number of hydrogen-bond donors (Lipinski definition) is 0. The molecule has 0 aromatic rings. The van der Waals surface area contributed by atoms with Gasteiger partial charge in [-0.3, -0.25) is 0 Å². The van der Waals surface area contributed by atoms with Gasteiger partial charge in [-0.15, -0.1) is 11.6 Å². The Balaban J connectivity index is 3.32. The molecule has 0 saturated heterocycles. The molecule has 0 heterocycles. The first-order chi connectivity index (χ1) is 5.72. The SMILES string of the molecule is CCCCCCC(CC)C(C)Cl. The van der Waals surface area contributed by atoms with Gasteiger partial charge in [-0.2, -0.15) is 0 Å². The van der Waals surface area contributed by atoms with Crippen LogP contribution in [0.4, 0.5) is 0 Å². The molecule has 0 aliphatic rings. The van der Waals surface area contributed by atoms with E-state index in [2.05, 4.69) is 20.8 Å². The Kier molecular flexibility index (Phi) is 8.11. The van der Waals surface area contributed by atoms with Crippen molar-refractivity contribution >= 4 is 11.6 Å². The van der Waals surface area contributed by atoms with Crippen LogP contribution in [0.15, 0.2) is 0 Å². The lowest BCUT2D eigenvalue weighted by molar-refractivity contribution is 0.435. The Morgan fingerprint density at radius 2 is 1.75 bits per heavy atom. The van der Waals surface area contributed by atoms with E-state index < -0.39 is 0 Å². The van der Waals surface area contributed by atoms with Crippen LogP contribution >= 0.6 is 11.6 Å². The van der Waals surface area contributed by atoms with Gasteiger partial charge in [-0.1, -0.05) is 46.0 Å². The summed E-state index contributed by atoms with van der Waals surface area (Å²) < 4.78 is 0. The topological polar surface area (TPSA) is 0 Å². The van der Waals surface area contributed by atoms with E-state index in [0.29, 0.717) is 5.38 Å². The standard InChI is InChI=1S/C11H23Cl/c1-4-6-7-8-9-11(5-2)10(3)12/h10-11H,4-9H2,1-3H3. The van der Waals surface area contributed by atoms with E-state index in [9.17, 15) is 0 Å². The van der Waals surface area contributed by atoms with Crippen molar-refractivity contribution in [2.75, 3.05) is 0 Å². The summed E-state index contributed by atoms with van der Waals surface area (Å²) in [5, 5.41) is 0.358. The molecule has 0 bridgehead atoms. The first kappa shape index (κ1) is 12.3. The maximum atomic E-state index is 6.06. The zero-order valence-electron chi connectivity index (χ0n) is 8.78. The largest absolute Gasteiger partial charge is 0.123 e. The lowest BCUT2D eigenvalue weighted by atomic mass is 9.95. The van der Waals surface area contributed by atoms with Gasteiger partial charge >= 0.3 is 0 Å². The Hall–Kier alpha value is 0.290. The summed E-state index contributed by atoms with van der Waals surface area (Å²) in [5.74, 6) is 0.739. The molecule has 0 N–H and O–H groups in total. The highest BCUT2D eigenvalue weighted by Crippen LogP contribution is 2.21. The maximum Gasteiger partial charge on any atom is 0.0335 e. The summed E-state index contributed by atoms with van der Waals surface area (Å²) >= 11 is 6.06. The minimum Gasteiger partial charge on any atom is -0.123 e. The smallest absolute Gasteiger partial charge is 0.0335 e. The average molecular weight is 191 g/mol. The van der Waals surface area contributed by atoms with Crippen molar-refractivity contribution in [3.63, 3.8) is 0 Å². The van der Waals surface area contributed by atoms with E-state index in [1.165, 1.54) is 38.5 Å². The molecule has 0 rings (SSSR count). The third kappa shape index (κ3) is 5.88. The highest BCUT2D eigenvalue weighted by atomic mass is 35.5. The Bertz CT molecular complexity index is 89.0. The molecule has 0 aromatic carbocycles. The number of unbranched alkanes of at least 4 members (excludes halogenated alkanes) is 3. The number of halogens is 1. The molecule has 0 aliphatic heterocycles. The molecule has 2 atom stereocenters. The summed E-state index contributed by atoms with van der Waals surface area (Å²) in [4.78, 5) is 0. The van der Waals surface area contributed by atoms with E-state index in [0.717, 1.165) is 5.92 Å². The van der Waals surface area contributed by atoms with Gasteiger partial charge < -0.3 is 0 Å². The monoisotopic (exact) mass is 190 g/mol. The van der Waals surface area contributed by atoms with Crippen LogP contribution in [0.5, 0.6) is 0 Å². The van der Waals surface area contributed by atoms with Crippen LogP contribution in [0.2, 0.25) is 0 Å². The zero-order valence-corrected chi connectivity index (χ0v) is 9.53. The van der Waals surface area contributed by atoms with Crippen molar-refractivity contribution in [2.24, 2.45) is 5.92 Å². The minimum atomic E-state index is 0.358. The van der Waals surface area contributed by atoms with Gasteiger partial charge in [0.1, 0.15) is 0 Å².